The lowest BCUT2D eigenvalue weighted by molar-refractivity contribution is -0.114. The second kappa shape index (κ2) is 5.73. The Kier molecular flexibility index (Phi) is 4.02. The van der Waals surface area contributed by atoms with Gasteiger partial charge in [0.05, 0.1) is 12.2 Å². The van der Waals surface area contributed by atoms with Gasteiger partial charge >= 0.3 is 0 Å². The molecule has 5 nitrogen and oxygen atoms in total. The lowest BCUT2D eigenvalue weighted by atomic mass is 10.2. The molecule has 20 heavy (non-hydrogen) atoms. The molecule has 0 unspecified atom stereocenters. The van der Waals surface area contributed by atoms with Gasteiger partial charge in [-0.25, -0.2) is 4.39 Å². The van der Waals surface area contributed by atoms with Crippen LogP contribution >= 0.6 is 0 Å². The molecule has 1 heterocycles. The van der Waals surface area contributed by atoms with E-state index in [-0.39, 0.29) is 18.3 Å². The lowest BCUT2D eigenvalue weighted by Gasteiger charge is -2.10. The van der Waals surface area contributed by atoms with E-state index in [2.05, 4.69) is 15.7 Å². The van der Waals surface area contributed by atoms with Gasteiger partial charge in [-0.15, -0.1) is 0 Å². The molecule has 1 amide bonds. The van der Waals surface area contributed by atoms with Crippen LogP contribution in [0.3, 0.4) is 0 Å². The molecule has 0 atom stereocenters. The van der Waals surface area contributed by atoms with Crippen molar-refractivity contribution in [2.24, 2.45) is 7.05 Å². The number of nitrogens with one attached hydrogen (secondary N) is 2. The summed E-state index contributed by atoms with van der Waals surface area (Å²) in [7, 11) is 1.76. The van der Waals surface area contributed by atoms with Gasteiger partial charge in [-0.3, -0.25) is 9.48 Å². The third-order valence-corrected chi connectivity index (χ3v) is 2.91. The van der Waals surface area contributed by atoms with Crippen molar-refractivity contribution in [3.8, 4) is 0 Å². The number of halogens is 1. The first-order valence-corrected chi connectivity index (χ1v) is 6.26. The van der Waals surface area contributed by atoms with Crippen molar-refractivity contribution in [3.05, 3.63) is 41.3 Å². The monoisotopic (exact) mass is 276 g/mol. The second-order valence-electron chi connectivity index (χ2n) is 4.66. The van der Waals surface area contributed by atoms with Gasteiger partial charge in [-0.2, -0.15) is 5.10 Å². The zero-order valence-corrected chi connectivity index (χ0v) is 11.7. The molecular weight excluding hydrogens is 259 g/mol. The van der Waals surface area contributed by atoms with Crippen LogP contribution in [-0.4, -0.2) is 22.2 Å². The molecule has 2 rings (SSSR count). The second-order valence-corrected chi connectivity index (χ2v) is 4.66. The Morgan fingerprint density at radius 1 is 1.35 bits per heavy atom. The zero-order chi connectivity index (χ0) is 14.7. The first-order chi connectivity index (χ1) is 9.45. The van der Waals surface area contributed by atoms with Crippen LogP contribution in [0.15, 0.2) is 24.3 Å². The van der Waals surface area contributed by atoms with Gasteiger partial charge < -0.3 is 10.6 Å². The van der Waals surface area contributed by atoms with E-state index in [4.69, 9.17) is 0 Å². The number of carbonyl (C=O) groups excluding carboxylic acids is 1. The Morgan fingerprint density at radius 2 is 2.10 bits per heavy atom. The molecule has 106 valence electrons. The Balaban J connectivity index is 1.95. The highest BCUT2D eigenvalue weighted by molar-refractivity contribution is 5.93. The van der Waals surface area contributed by atoms with Crippen LogP contribution in [0, 0.1) is 19.7 Å². The summed E-state index contributed by atoms with van der Waals surface area (Å²) in [5, 5.41) is 9.80. The topological polar surface area (TPSA) is 59.0 Å². The summed E-state index contributed by atoms with van der Waals surface area (Å²) in [6.07, 6.45) is 0. The average molecular weight is 276 g/mol. The molecule has 0 saturated heterocycles. The zero-order valence-electron chi connectivity index (χ0n) is 11.7. The fourth-order valence-corrected chi connectivity index (χ4v) is 1.87. The van der Waals surface area contributed by atoms with Crippen LogP contribution in [0.2, 0.25) is 0 Å². The summed E-state index contributed by atoms with van der Waals surface area (Å²) in [5.74, 6) is 0.0858. The standard InChI is InChI=1S/C14H17FN4O/c1-9-4-5-11(15)7-12(9)16-8-14(20)17-13-6-10(2)18-19(13)3/h4-7,16H,8H2,1-3H3,(H,17,20). The van der Waals surface area contributed by atoms with Gasteiger partial charge in [0.25, 0.3) is 0 Å². The third-order valence-electron chi connectivity index (χ3n) is 2.91. The molecule has 0 saturated carbocycles. The third kappa shape index (κ3) is 3.34. The van der Waals surface area contributed by atoms with Crippen molar-refractivity contribution in [2.45, 2.75) is 13.8 Å². The van der Waals surface area contributed by atoms with E-state index in [0.29, 0.717) is 11.5 Å². The highest BCUT2D eigenvalue weighted by atomic mass is 19.1. The van der Waals surface area contributed by atoms with Gasteiger partial charge in [-0.1, -0.05) is 6.07 Å². The molecule has 0 aliphatic rings. The molecule has 1 aromatic heterocycles. The molecule has 0 aliphatic heterocycles. The first kappa shape index (κ1) is 14.0. The maximum absolute atomic E-state index is 13.1. The van der Waals surface area contributed by atoms with E-state index in [1.54, 1.807) is 23.9 Å². The fraction of sp³-hybridized carbons (Fsp3) is 0.286. The fourth-order valence-electron chi connectivity index (χ4n) is 1.87. The number of anilines is 2. The normalized spacial score (nSPS) is 10.4. The molecule has 2 N–H and O–H groups in total. The highest BCUT2D eigenvalue weighted by Crippen LogP contribution is 2.15. The molecule has 0 spiro atoms. The Bertz CT molecular complexity index is 636. The predicted molar refractivity (Wildman–Crippen MR) is 76.2 cm³/mol. The molecular formula is C14H17FN4O. The van der Waals surface area contributed by atoms with Gasteiger partial charge in [0.15, 0.2) is 0 Å². The number of hydrogen-bond acceptors (Lipinski definition) is 3. The van der Waals surface area contributed by atoms with Gasteiger partial charge in [0.1, 0.15) is 11.6 Å². The number of aromatic nitrogens is 2. The molecule has 0 fully saturated rings. The molecule has 2 aromatic rings. The maximum atomic E-state index is 13.1. The number of nitrogens with zero attached hydrogens (tertiary/aromatic N) is 2. The number of benzene rings is 1. The van der Waals surface area contributed by atoms with Crippen LogP contribution in [0.1, 0.15) is 11.3 Å². The van der Waals surface area contributed by atoms with Gasteiger partial charge in [0.2, 0.25) is 5.91 Å². The van der Waals surface area contributed by atoms with Crippen molar-refractivity contribution in [2.75, 3.05) is 17.2 Å². The highest BCUT2D eigenvalue weighted by Gasteiger charge is 2.08. The van der Waals surface area contributed by atoms with E-state index in [9.17, 15) is 9.18 Å². The summed E-state index contributed by atoms with van der Waals surface area (Å²) in [4.78, 5) is 11.8. The summed E-state index contributed by atoms with van der Waals surface area (Å²) in [5.41, 5.74) is 2.33. The predicted octanol–water partition coefficient (Wildman–Crippen LogP) is 2.23. The van der Waals surface area contributed by atoms with Crippen LogP contribution in [0.4, 0.5) is 15.9 Å². The van der Waals surface area contributed by atoms with E-state index in [1.807, 2.05) is 13.8 Å². The van der Waals surface area contributed by atoms with E-state index >= 15 is 0 Å². The molecule has 1 aromatic carbocycles. The summed E-state index contributed by atoms with van der Waals surface area (Å²) >= 11 is 0. The van der Waals surface area contributed by atoms with Crippen molar-refractivity contribution in [3.63, 3.8) is 0 Å². The Labute approximate surface area is 116 Å². The van der Waals surface area contributed by atoms with Crippen molar-refractivity contribution < 1.29 is 9.18 Å². The van der Waals surface area contributed by atoms with Crippen LogP contribution in [0.25, 0.3) is 0 Å². The number of aryl methyl sites for hydroxylation is 3. The first-order valence-electron chi connectivity index (χ1n) is 6.26. The van der Waals surface area contributed by atoms with Crippen LogP contribution < -0.4 is 10.6 Å². The summed E-state index contributed by atoms with van der Waals surface area (Å²) in [6.45, 7) is 3.77. The Hall–Kier alpha value is -2.37. The quantitative estimate of drug-likeness (QED) is 0.900. The summed E-state index contributed by atoms with van der Waals surface area (Å²) in [6, 6.07) is 6.21. The largest absolute Gasteiger partial charge is 0.376 e. The van der Waals surface area contributed by atoms with Crippen LogP contribution in [-0.2, 0) is 11.8 Å². The molecule has 6 heteroatoms. The van der Waals surface area contributed by atoms with Crippen molar-refractivity contribution in [1.29, 1.82) is 0 Å². The maximum Gasteiger partial charge on any atom is 0.244 e. The van der Waals surface area contributed by atoms with Crippen molar-refractivity contribution in [1.82, 2.24) is 9.78 Å². The lowest BCUT2D eigenvalue weighted by Crippen LogP contribution is -2.23. The smallest absolute Gasteiger partial charge is 0.244 e. The minimum Gasteiger partial charge on any atom is -0.376 e. The van der Waals surface area contributed by atoms with E-state index in [0.717, 1.165) is 11.3 Å². The van der Waals surface area contributed by atoms with Gasteiger partial charge in [-0.05, 0) is 31.5 Å². The average Bonchev–Trinajstić information content (AvgIpc) is 2.69. The van der Waals surface area contributed by atoms with Gasteiger partial charge in [0, 0.05) is 18.8 Å². The number of carbonyl (C=O) groups is 1. The van der Waals surface area contributed by atoms with Crippen molar-refractivity contribution >= 4 is 17.4 Å². The Morgan fingerprint density at radius 3 is 2.75 bits per heavy atom. The molecule has 0 aliphatic carbocycles. The number of hydrogen-bond donors (Lipinski definition) is 2. The van der Waals surface area contributed by atoms with Crippen LogP contribution in [0.5, 0.6) is 0 Å². The minimum atomic E-state index is -0.333. The minimum absolute atomic E-state index is 0.0640. The number of rotatable bonds is 4. The SMILES string of the molecule is Cc1cc(NC(=O)CNc2cc(F)ccc2C)n(C)n1. The molecule has 0 radical (unpaired) electrons. The summed E-state index contributed by atoms with van der Waals surface area (Å²) < 4.78 is 14.7. The van der Waals surface area contributed by atoms with E-state index in [1.165, 1.54) is 12.1 Å². The van der Waals surface area contributed by atoms with E-state index < -0.39 is 0 Å². The number of amides is 1. The molecule has 0 bridgehead atoms.